The van der Waals surface area contributed by atoms with Gasteiger partial charge in [0.1, 0.15) is 11.5 Å². The summed E-state index contributed by atoms with van der Waals surface area (Å²) in [6.45, 7) is 7.82. The molecular weight excluding hydrogens is 264 g/mol. The maximum absolute atomic E-state index is 11.4. The third kappa shape index (κ3) is 6.08. The number of carbonyl (C=O) groups is 1. The van der Waals surface area contributed by atoms with E-state index in [1.165, 1.54) is 7.11 Å². The number of hydrogen-bond donors (Lipinski definition) is 0. The molecule has 1 aliphatic carbocycles. The molecule has 1 aliphatic rings. The van der Waals surface area contributed by atoms with Gasteiger partial charge in [0.05, 0.1) is 0 Å². The van der Waals surface area contributed by atoms with Crippen LogP contribution in [0.4, 0.5) is 0 Å². The van der Waals surface area contributed by atoms with Crippen LogP contribution in [0.3, 0.4) is 0 Å². The number of ketones is 1. The molecule has 4 heteroatoms. The van der Waals surface area contributed by atoms with Crippen LogP contribution < -0.4 is 0 Å². The fraction of sp³-hybridized carbons (Fsp3) is 0.533. The van der Waals surface area contributed by atoms with Gasteiger partial charge in [-0.3, -0.25) is 4.79 Å². The topological polar surface area (TPSA) is 35.5 Å². The second-order valence-electron chi connectivity index (χ2n) is 4.82. The average Bonchev–Trinajstić information content (AvgIpc) is 2.36. The standard InChI is InChI=1S/C15H21ClO3/c1-11(7-13-5-4-6-14(17)9-13)15(16)8-12(2)19-10-18-3/h8,13H,1-2,4-7,9-10H2,3H3/b15-8+. The molecule has 0 aromatic carbocycles. The van der Waals surface area contributed by atoms with Crippen molar-refractivity contribution in [2.45, 2.75) is 32.1 Å². The van der Waals surface area contributed by atoms with Gasteiger partial charge in [0, 0.05) is 25.0 Å². The molecule has 0 aromatic rings. The van der Waals surface area contributed by atoms with Crippen LogP contribution in [0.1, 0.15) is 32.1 Å². The van der Waals surface area contributed by atoms with Crippen LogP contribution in [-0.4, -0.2) is 19.7 Å². The van der Waals surface area contributed by atoms with Crippen molar-refractivity contribution in [1.29, 1.82) is 0 Å². The van der Waals surface area contributed by atoms with E-state index in [9.17, 15) is 4.79 Å². The van der Waals surface area contributed by atoms with Gasteiger partial charge in [0.15, 0.2) is 6.79 Å². The normalized spacial score (nSPS) is 20.2. The Morgan fingerprint density at radius 2 is 2.26 bits per heavy atom. The van der Waals surface area contributed by atoms with Crippen LogP contribution >= 0.6 is 11.6 Å². The van der Waals surface area contributed by atoms with Gasteiger partial charge in [-0.15, -0.1) is 0 Å². The van der Waals surface area contributed by atoms with E-state index >= 15 is 0 Å². The fourth-order valence-corrected chi connectivity index (χ4v) is 2.35. The number of Topliss-reactive ketones (excluding diaryl/α,β-unsaturated/α-hetero) is 1. The summed E-state index contributed by atoms with van der Waals surface area (Å²) in [6, 6.07) is 0. The average molecular weight is 285 g/mol. The monoisotopic (exact) mass is 284 g/mol. The molecule has 1 unspecified atom stereocenters. The largest absolute Gasteiger partial charge is 0.468 e. The van der Waals surface area contributed by atoms with Gasteiger partial charge < -0.3 is 9.47 Å². The van der Waals surface area contributed by atoms with E-state index in [1.54, 1.807) is 6.08 Å². The molecule has 19 heavy (non-hydrogen) atoms. The Balaban J connectivity index is 2.45. The molecule has 0 spiro atoms. The van der Waals surface area contributed by atoms with Crippen LogP contribution in [0, 0.1) is 5.92 Å². The van der Waals surface area contributed by atoms with Gasteiger partial charge in [0.25, 0.3) is 0 Å². The van der Waals surface area contributed by atoms with Crippen molar-refractivity contribution < 1.29 is 14.3 Å². The number of methoxy groups -OCH3 is 1. The molecule has 1 rings (SSSR count). The second-order valence-corrected chi connectivity index (χ2v) is 5.23. The molecule has 1 atom stereocenters. The van der Waals surface area contributed by atoms with Gasteiger partial charge >= 0.3 is 0 Å². The quantitative estimate of drug-likeness (QED) is 0.403. The zero-order chi connectivity index (χ0) is 14.3. The lowest BCUT2D eigenvalue weighted by atomic mass is 9.84. The van der Waals surface area contributed by atoms with E-state index in [-0.39, 0.29) is 6.79 Å². The molecule has 1 saturated carbocycles. The lowest BCUT2D eigenvalue weighted by Gasteiger charge is -2.21. The molecule has 106 valence electrons. The summed E-state index contributed by atoms with van der Waals surface area (Å²) in [7, 11) is 1.54. The third-order valence-electron chi connectivity index (χ3n) is 3.11. The molecule has 0 heterocycles. The first kappa shape index (κ1) is 16.0. The van der Waals surface area contributed by atoms with E-state index in [0.29, 0.717) is 35.3 Å². The van der Waals surface area contributed by atoms with E-state index in [1.807, 2.05) is 0 Å². The van der Waals surface area contributed by atoms with E-state index in [2.05, 4.69) is 13.2 Å². The van der Waals surface area contributed by atoms with Gasteiger partial charge in [-0.2, -0.15) is 0 Å². The Kier molecular flexibility index (Phi) is 6.89. The predicted molar refractivity (Wildman–Crippen MR) is 76.8 cm³/mol. The minimum atomic E-state index is 0.142. The molecule has 0 amide bonds. The summed E-state index contributed by atoms with van der Waals surface area (Å²) in [5, 5.41) is 0.527. The summed E-state index contributed by atoms with van der Waals surface area (Å²) < 4.78 is 9.92. The predicted octanol–water partition coefficient (Wildman–Crippen LogP) is 3.95. The maximum atomic E-state index is 11.4. The van der Waals surface area contributed by atoms with E-state index < -0.39 is 0 Å². The molecule has 1 fully saturated rings. The Labute approximate surface area is 119 Å². The number of hydrogen-bond acceptors (Lipinski definition) is 3. The zero-order valence-corrected chi connectivity index (χ0v) is 12.2. The van der Waals surface area contributed by atoms with E-state index in [4.69, 9.17) is 21.1 Å². The summed E-state index contributed by atoms with van der Waals surface area (Å²) in [5.74, 6) is 1.15. The third-order valence-corrected chi connectivity index (χ3v) is 3.48. The number of ether oxygens (including phenoxy) is 2. The van der Waals surface area contributed by atoms with Crippen molar-refractivity contribution in [3.8, 4) is 0 Å². The van der Waals surface area contributed by atoms with Crippen molar-refractivity contribution in [1.82, 2.24) is 0 Å². The number of carbonyl (C=O) groups excluding carboxylic acids is 1. The molecule has 0 N–H and O–H groups in total. The highest BCUT2D eigenvalue weighted by atomic mass is 35.5. The number of halogens is 1. The molecule has 3 nitrogen and oxygen atoms in total. The Morgan fingerprint density at radius 3 is 2.89 bits per heavy atom. The molecular formula is C15H21ClO3. The summed E-state index contributed by atoms with van der Waals surface area (Å²) >= 11 is 6.16. The van der Waals surface area contributed by atoms with Gasteiger partial charge in [-0.25, -0.2) is 0 Å². The van der Waals surface area contributed by atoms with Crippen molar-refractivity contribution in [2.24, 2.45) is 5.92 Å². The molecule has 0 saturated heterocycles. The first-order valence-corrected chi connectivity index (χ1v) is 6.78. The van der Waals surface area contributed by atoms with Crippen molar-refractivity contribution in [2.75, 3.05) is 13.9 Å². The van der Waals surface area contributed by atoms with Gasteiger partial charge in [-0.1, -0.05) is 24.8 Å². The minimum absolute atomic E-state index is 0.142. The SMILES string of the molecule is C=C(/C=C(/Cl)C(=C)CC1CCCC(=O)C1)OCOC. The fourth-order valence-electron chi connectivity index (χ4n) is 2.15. The van der Waals surface area contributed by atoms with Gasteiger partial charge in [-0.05, 0) is 36.8 Å². The second kappa shape index (κ2) is 8.18. The number of rotatable bonds is 7. The molecule has 0 aromatic heterocycles. The Hall–Kier alpha value is -1.06. The number of allylic oxidation sites excluding steroid dienone is 3. The van der Waals surface area contributed by atoms with E-state index in [0.717, 1.165) is 24.8 Å². The van der Waals surface area contributed by atoms with Crippen molar-refractivity contribution in [3.63, 3.8) is 0 Å². The Bertz CT molecular complexity index is 385. The minimum Gasteiger partial charge on any atom is -0.468 e. The smallest absolute Gasteiger partial charge is 0.188 e. The summed E-state index contributed by atoms with van der Waals surface area (Å²) in [4.78, 5) is 11.4. The lowest BCUT2D eigenvalue weighted by molar-refractivity contribution is -0.121. The molecule has 0 radical (unpaired) electrons. The first-order valence-electron chi connectivity index (χ1n) is 6.40. The summed E-state index contributed by atoms with van der Waals surface area (Å²) in [5.41, 5.74) is 0.823. The molecule has 0 bridgehead atoms. The lowest BCUT2D eigenvalue weighted by Crippen LogP contribution is -2.15. The highest BCUT2D eigenvalue weighted by molar-refractivity contribution is 6.32. The van der Waals surface area contributed by atoms with Crippen LogP contribution in [-0.2, 0) is 14.3 Å². The highest BCUT2D eigenvalue weighted by Crippen LogP contribution is 2.30. The maximum Gasteiger partial charge on any atom is 0.188 e. The van der Waals surface area contributed by atoms with Crippen LogP contribution in [0.15, 0.2) is 35.6 Å². The van der Waals surface area contributed by atoms with Crippen molar-refractivity contribution >= 4 is 17.4 Å². The first-order chi connectivity index (χ1) is 9.02. The highest BCUT2D eigenvalue weighted by Gasteiger charge is 2.20. The summed E-state index contributed by atoms with van der Waals surface area (Å²) in [6.07, 6.45) is 5.78. The molecule has 0 aliphatic heterocycles. The van der Waals surface area contributed by atoms with Gasteiger partial charge in [0.2, 0.25) is 0 Å². The van der Waals surface area contributed by atoms with Crippen LogP contribution in [0.5, 0.6) is 0 Å². The van der Waals surface area contributed by atoms with Crippen molar-refractivity contribution in [3.05, 3.63) is 35.6 Å². The van der Waals surface area contributed by atoms with Crippen LogP contribution in [0.25, 0.3) is 0 Å². The van der Waals surface area contributed by atoms with Crippen LogP contribution in [0.2, 0.25) is 0 Å². The zero-order valence-electron chi connectivity index (χ0n) is 11.4. The Morgan fingerprint density at radius 1 is 1.53 bits per heavy atom.